The van der Waals surface area contributed by atoms with Gasteiger partial charge in [0.25, 0.3) is 5.91 Å². The molecule has 5 heteroatoms. The zero-order valence-electron chi connectivity index (χ0n) is 9.90. The monoisotopic (exact) mass is 339 g/mol. The summed E-state index contributed by atoms with van der Waals surface area (Å²) in [6.07, 6.45) is 0. The second kappa shape index (κ2) is 6.70. The highest BCUT2D eigenvalue weighted by molar-refractivity contribution is 9.10. The molecule has 0 bridgehead atoms. The molecule has 0 atom stereocenters. The van der Waals surface area contributed by atoms with E-state index in [2.05, 4.69) is 21.4 Å². The SMILES string of the molecule is O=C(NOCc1ccccc1)c1cccc(Br)c1Cl. The average molecular weight is 341 g/mol. The van der Waals surface area contributed by atoms with Crippen molar-refractivity contribution < 1.29 is 9.63 Å². The fourth-order valence-corrected chi connectivity index (χ4v) is 2.07. The predicted octanol–water partition coefficient (Wildman–Crippen LogP) is 3.96. The molecule has 1 N–H and O–H groups in total. The van der Waals surface area contributed by atoms with Crippen molar-refractivity contribution >= 4 is 33.4 Å². The first kappa shape index (κ1) is 14.1. The topological polar surface area (TPSA) is 38.3 Å². The molecule has 2 aromatic rings. The third kappa shape index (κ3) is 3.80. The Bertz CT molecular complexity index is 575. The second-order valence-electron chi connectivity index (χ2n) is 3.81. The Morgan fingerprint density at radius 3 is 2.63 bits per heavy atom. The maximum absolute atomic E-state index is 11.9. The van der Waals surface area contributed by atoms with Crippen molar-refractivity contribution in [3.05, 3.63) is 69.2 Å². The summed E-state index contributed by atoms with van der Waals surface area (Å²) >= 11 is 9.29. The van der Waals surface area contributed by atoms with Gasteiger partial charge in [-0.05, 0) is 33.6 Å². The number of hydrogen-bond donors (Lipinski definition) is 1. The van der Waals surface area contributed by atoms with Crippen molar-refractivity contribution in [3.63, 3.8) is 0 Å². The fraction of sp³-hybridized carbons (Fsp3) is 0.0714. The summed E-state index contributed by atoms with van der Waals surface area (Å²) in [5.41, 5.74) is 3.71. The Morgan fingerprint density at radius 1 is 1.16 bits per heavy atom. The Kier molecular flexibility index (Phi) is 4.96. The molecule has 0 aliphatic rings. The number of halogens is 2. The fourth-order valence-electron chi connectivity index (χ4n) is 1.49. The lowest BCUT2D eigenvalue weighted by Gasteiger charge is -2.08. The minimum atomic E-state index is -0.373. The van der Waals surface area contributed by atoms with E-state index in [0.29, 0.717) is 21.7 Å². The van der Waals surface area contributed by atoms with Crippen molar-refractivity contribution in [2.75, 3.05) is 0 Å². The van der Waals surface area contributed by atoms with Gasteiger partial charge in [-0.15, -0.1) is 0 Å². The van der Waals surface area contributed by atoms with Crippen LogP contribution in [0.5, 0.6) is 0 Å². The van der Waals surface area contributed by atoms with Crippen LogP contribution < -0.4 is 5.48 Å². The molecule has 98 valence electrons. The minimum absolute atomic E-state index is 0.304. The number of amides is 1. The maximum Gasteiger partial charge on any atom is 0.276 e. The van der Waals surface area contributed by atoms with Gasteiger partial charge in [-0.25, -0.2) is 5.48 Å². The van der Waals surface area contributed by atoms with Crippen LogP contribution in [-0.2, 0) is 11.4 Å². The molecule has 3 nitrogen and oxygen atoms in total. The molecule has 0 spiro atoms. The van der Waals surface area contributed by atoms with E-state index in [9.17, 15) is 4.79 Å². The first-order valence-corrected chi connectivity index (χ1v) is 6.75. The van der Waals surface area contributed by atoms with Crippen LogP contribution in [0.15, 0.2) is 53.0 Å². The number of carbonyl (C=O) groups excluding carboxylic acids is 1. The zero-order chi connectivity index (χ0) is 13.7. The van der Waals surface area contributed by atoms with Gasteiger partial charge in [-0.2, -0.15) is 0 Å². The molecule has 0 unspecified atom stereocenters. The molecule has 0 aliphatic carbocycles. The van der Waals surface area contributed by atoms with Crippen LogP contribution in [0.25, 0.3) is 0 Å². The minimum Gasteiger partial charge on any atom is -0.269 e. The summed E-state index contributed by atoms with van der Waals surface area (Å²) in [6.45, 7) is 0.304. The van der Waals surface area contributed by atoms with Crippen molar-refractivity contribution in [1.29, 1.82) is 0 Å². The van der Waals surface area contributed by atoms with Crippen LogP contribution in [-0.4, -0.2) is 5.91 Å². The van der Waals surface area contributed by atoms with Gasteiger partial charge in [-0.1, -0.05) is 48.0 Å². The van der Waals surface area contributed by atoms with Crippen molar-refractivity contribution in [3.8, 4) is 0 Å². The molecule has 0 saturated carbocycles. The molecular weight excluding hydrogens is 330 g/mol. The van der Waals surface area contributed by atoms with E-state index < -0.39 is 0 Å². The van der Waals surface area contributed by atoms with E-state index in [1.165, 1.54) is 0 Å². The smallest absolute Gasteiger partial charge is 0.269 e. The van der Waals surface area contributed by atoms with Crippen molar-refractivity contribution in [2.45, 2.75) is 6.61 Å². The van der Waals surface area contributed by atoms with E-state index in [1.54, 1.807) is 18.2 Å². The van der Waals surface area contributed by atoms with E-state index in [-0.39, 0.29) is 5.91 Å². The normalized spacial score (nSPS) is 10.2. The molecule has 0 aromatic heterocycles. The Hall–Kier alpha value is -1.36. The number of hydrogen-bond acceptors (Lipinski definition) is 2. The third-order valence-corrected chi connectivity index (χ3v) is 3.74. The van der Waals surface area contributed by atoms with Gasteiger partial charge in [-0.3, -0.25) is 9.63 Å². The molecule has 0 radical (unpaired) electrons. The number of rotatable bonds is 4. The van der Waals surface area contributed by atoms with Crippen molar-refractivity contribution in [1.82, 2.24) is 5.48 Å². The summed E-state index contributed by atoms with van der Waals surface area (Å²) in [6, 6.07) is 14.7. The average Bonchev–Trinajstić information content (AvgIpc) is 2.43. The molecule has 1 amide bonds. The lowest BCUT2D eigenvalue weighted by atomic mass is 10.2. The largest absolute Gasteiger partial charge is 0.276 e. The van der Waals surface area contributed by atoms with Crippen molar-refractivity contribution in [2.24, 2.45) is 0 Å². The second-order valence-corrected chi connectivity index (χ2v) is 5.04. The van der Waals surface area contributed by atoms with E-state index in [1.807, 2.05) is 30.3 Å². The lowest BCUT2D eigenvalue weighted by Crippen LogP contribution is -2.23. The molecule has 0 heterocycles. The lowest BCUT2D eigenvalue weighted by molar-refractivity contribution is 0.0233. The Balaban J connectivity index is 1.93. The van der Waals surface area contributed by atoms with Gasteiger partial charge in [0.1, 0.15) is 0 Å². The molecule has 0 aliphatic heterocycles. The Labute approximate surface area is 124 Å². The molecular formula is C14H11BrClNO2. The summed E-state index contributed by atoms with van der Waals surface area (Å²) in [5.74, 6) is -0.373. The number of nitrogens with one attached hydrogen (secondary N) is 1. The van der Waals surface area contributed by atoms with Gasteiger partial charge in [0.05, 0.1) is 17.2 Å². The molecule has 0 fully saturated rings. The van der Waals surface area contributed by atoms with Crippen LogP contribution in [0.4, 0.5) is 0 Å². The predicted molar refractivity (Wildman–Crippen MR) is 77.8 cm³/mol. The first-order valence-electron chi connectivity index (χ1n) is 5.58. The van der Waals surface area contributed by atoms with Gasteiger partial charge in [0, 0.05) is 4.47 Å². The summed E-state index contributed by atoms with van der Waals surface area (Å²) in [7, 11) is 0. The third-order valence-electron chi connectivity index (χ3n) is 2.44. The standard InChI is InChI=1S/C14H11BrClNO2/c15-12-8-4-7-11(13(12)16)14(18)17-19-9-10-5-2-1-3-6-10/h1-8H,9H2,(H,17,18). The van der Waals surface area contributed by atoms with Crippen LogP contribution in [0.2, 0.25) is 5.02 Å². The highest BCUT2D eigenvalue weighted by Gasteiger charge is 2.12. The molecule has 19 heavy (non-hydrogen) atoms. The number of hydroxylamine groups is 1. The maximum atomic E-state index is 11.9. The summed E-state index contributed by atoms with van der Waals surface area (Å²) in [4.78, 5) is 17.0. The molecule has 0 saturated heterocycles. The number of carbonyl (C=O) groups is 1. The van der Waals surface area contributed by atoms with Crippen LogP contribution in [0.1, 0.15) is 15.9 Å². The summed E-state index contributed by atoms with van der Waals surface area (Å²) < 4.78 is 0.671. The van der Waals surface area contributed by atoms with Gasteiger partial charge in [0.2, 0.25) is 0 Å². The van der Waals surface area contributed by atoms with Gasteiger partial charge < -0.3 is 0 Å². The first-order chi connectivity index (χ1) is 9.18. The summed E-state index contributed by atoms with van der Waals surface area (Å²) in [5, 5.41) is 0.364. The van der Waals surface area contributed by atoms with Crippen LogP contribution >= 0.6 is 27.5 Å². The van der Waals surface area contributed by atoms with Gasteiger partial charge in [0.15, 0.2) is 0 Å². The highest BCUT2D eigenvalue weighted by Crippen LogP contribution is 2.25. The number of benzene rings is 2. The molecule has 2 aromatic carbocycles. The highest BCUT2D eigenvalue weighted by atomic mass is 79.9. The van der Waals surface area contributed by atoms with E-state index >= 15 is 0 Å². The quantitative estimate of drug-likeness (QED) is 0.856. The zero-order valence-corrected chi connectivity index (χ0v) is 12.2. The van der Waals surface area contributed by atoms with Crippen LogP contribution in [0.3, 0.4) is 0 Å². The molecule has 2 rings (SSSR count). The van der Waals surface area contributed by atoms with Gasteiger partial charge >= 0.3 is 0 Å². The van der Waals surface area contributed by atoms with Crippen LogP contribution in [0, 0.1) is 0 Å². The van der Waals surface area contributed by atoms with E-state index in [0.717, 1.165) is 5.56 Å². The Morgan fingerprint density at radius 2 is 1.89 bits per heavy atom. The van der Waals surface area contributed by atoms with E-state index in [4.69, 9.17) is 16.4 Å².